The van der Waals surface area contributed by atoms with Crippen LogP contribution in [0.2, 0.25) is 0 Å². The second kappa shape index (κ2) is 5.89. The first-order chi connectivity index (χ1) is 9.56. The van der Waals surface area contributed by atoms with Crippen LogP contribution in [0.3, 0.4) is 0 Å². The SMILES string of the molecule is C=Cn1cc(CNc2ccccc2S(=O)(=O)NC)cn1. The fourth-order valence-electron chi connectivity index (χ4n) is 1.72. The Balaban J connectivity index is 2.20. The normalized spacial score (nSPS) is 11.2. The number of nitrogens with one attached hydrogen (secondary N) is 2. The lowest BCUT2D eigenvalue weighted by atomic mass is 10.3. The Morgan fingerprint density at radius 3 is 2.80 bits per heavy atom. The van der Waals surface area contributed by atoms with E-state index in [1.165, 1.54) is 7.05 Å². The Morgan fingerprint density at radius 1 is 1.40 bits per heavy atom. The van der Waals surface area contributed by atoms with Gasteiger partial charge in [0.15, 0.2) is 0 Å². The van der Waals surface area contributed by atoms with Crippen LogP contribution in [0.1, 0.15) is 5.56 Å². The summed E-state index contributed by atoms with van der Waals surface area (Å²) >= 11 is 0. The van der Waals surface area contributed by atoms with E-state index < -0.39 is 10.0 Å². The highest BCUT2D eigenvalue weighted by Gasteiger charge is 2.15. The number of benzene rings is 1. The van der Waals surface area contributed by atoms with Crippen LogP contribution in [-0.4, -0.2) is 25.2 Å². The molecule has 0 aliphatic heterocycles. The first kappa shape index (κ1) is 14.3. The molecule has 6 nitrogen and oxygen atoms in total. The number of rotatable bonds is 6. The van der Waals surface area contributed by atoms with Gasteiger partial charge in [0.25, 0.3) is 0 Å². The fraction of sp³-hybridized carbons (Fsp3) is 0.154. The summed E-state index contributed by atoms with van der Waals surface area (Å²) < 4.78 is 27.7. The van der Waals surface area contributed by atoms with Gasteiger partial charge in [0.2, 0.25) is 10.0 Å². The van der Waals surface area contributed by atoms with Gasteiger partial charge in [-0.25, -0.2) is 17.8 Å². The largest absolute Gasteiger partial charge is 0.380 e. The molecule has 2 aromatic rings. The molecular weight excluding hydrogens is 276 g/mol. The van der Waals surface area contributed by atoms with Crippen molar-refractivity contribution in [3.05, 3.63) is 48.8 Å². The molecule has 1 heterocycles. The van der Waals surface area contributed by atoms with Crippen LogP contribution < -0.4 is 10.0 Å². The van der Waals surface area contributed by atoms with Crippen molar-refractivity contribution in [2.24, 2.45) is 0 Å². The molecule has 0 bridgehead atoms. The average molecular weight is 292 g/mol. The molecule has 7 heteroatoms. The number of anilines is 1. The van der Waals surface area contributed by atoms with E-state index in [2.05, 4.69) is 21.7 Å². The molecule has 2 rings (SSSR count). The molecule has 0 amide bonds. The maximum Gasteiger partial charge on any atom is 0.242 e. The van der Waals surface area contributed by atoms with Gasteiger partial charge in [-0.05, 0) is 19.2 Å². The lowest BCUT2D eigenvalue weighted by molar-refractivity contribution is 0.588. The molecule has 1 aromatic carbocycles. The standard InChI is InChI=1S/C13H16N4O2S/c1-3-17-10-11(9-16-17)8-15-12-6-4-5-7-13(12)20(18,19)14-2/h3-7,9-10,14-15H,1,8H2,2H3. The van der Waals surface area contributed by atoms with E-state index in [4.69, 9.17) is 0 Å². The van der Waals surface area contributed by atoms with Gasteiger partial charge in [-0.1, -0.05) is 18.7 Å². The number of hydrogen-bond donors (Lipinski definition) is 2. The van der Waals surface area contributed by atoms with E-state index in [-0.39, 0.29) is 4.90 Å². The quantitative estimate of drug-likeness (QED) is 0.846. The number of para-hydroxylation sites is 1. The molecule has 2 N–H and O–H groups in total. The first-order valence-electron chi connectivity index (χ1n) is 5.99. The lowest BCUT2D eigenvalue weighted by Gasteiger charge is -2.11. The predicted molar refractivity (Wildman–Crippen MR) is 78.6 cm³/mol. The zero-order valence-electron chi connectivity index (χ0n) is 11.1. The van der Waals surface area contributed by atoms with Crippen LogP contribution in [0.15, 0.2) is 48.1 Å². The Labute approximate surface area is 118 Å². The highest BCUT2D eigenvalue weighted by Crippen LogP contribution is 2.20. The van der Waals surface area contributed by atoms with E-state index in [9.17, 15) is 8.42 Å². The molecule has 0 spiro atoms. The van der Waals surface area contributed by atoms with Crippen molar-refractivity contribution in [2.75, 3.05) is 12.4 Å². The molecule has 106 valence electrons. The van der Waals surface area contributed by atoms with Crippen molar-refractivity contribution in [1.29, 1.82) is 0 Å². The molecule has 0 aliphatic rings. The summed E-state index contributed by atoms with van der Waals surface area (Å²) in [7, 11) is -2.09. The van der Waals surface area contributed by atoms with Crippen LogP contribution in [0.5, 0.6) is 0 Å². The minimum absolute atomic E-state index is 0.221. The second-order valence-electron chi connectivity index (χ2n) is 4.07. The first-order valence-corrected chi connectivity index (χ1v) is 7.47. The van der Waals surface area contributed by atoms with Crippen LogP contribution >= 0.6 is 0 Å². The Bertz CT molecular complexity index is 707. The van der Waals surface area contributed by atoms with Gasteiger partial charge in [0.1, 0.15) is 4.90 Å². The van der Waals surface area contributed by atoms with Gasteiger partial charge in [-0.3, -0.25) is 0 Å². The van der Waals surface area contributed by atoms with Crippen molar-refractivity contribution < 1.29 is 8.42 Å². The third-order valence-corrected chi connectivity index (χ3v) is 4.24. The summed E-state index contributed by atoms with van der Waals surface area (Å²) in [4.78, 5) is 0.221. The predicted octanol–water partition coefficient (Wildman–Crippen LogP) is 1.50. The summed E-state index contributed by atoms with van der Waals surface area (Å²) in [6, 6.07) is 6.75. The third-order valence-electron chi connectivity index (χ3n) is 2.77. The molecule has 0 saturated carbocycles. The molecule has 0 fully saturated rings. The van der Waals surface area contributed by atoms with E-state index in [1.54, 1.807) is 41.3 Å². The zero-order valence-corrected chi connectivity index (χ0v) is 11.9. The third kappa shape index (κ3) is 3.06. The molecule has 0 unspecified atom stereocenters. The summed E-state index contributed by atoms with van der Waals surface area (Å²) in [5.74, 6) is 0. The maximum atomic E-state index is 11.9. The molecule has 0 radical (unpaired) electrons. The van der Waals surface area contributed by atoms with Crippen molar-refractivity contribution in [1.82, 2.24) is 14.5 Å². The minimum Gasteiger partial charge on any atom is -0.380 e. The molecule has 1 aromatic heterocycles. The van der Waals surface area contributed by atoms with Crippen LogP contribution in [0, 0.1) is 0 Å². The van der Waals surface area contributed by atoms with Gasteiger partial charge in [0.05, 0.1) is 11.9 Å². The number of hydrogen-bond acceptors (Lipinski definition) is 4. The van der Waals surface area contributed by atoms with E-state index in [0.717, 1.165) is 5.56 Å². The van der Waals surface area contributed by atoms with Gasteiger partial charge in [-0.2, -0.15) is 5.10 Å². The summed E-state index contributed by atoms with van der Waals surface area (Å²) in [5, 5.41) is 7.16. The molecule has 0 atom stereocenters. The highest BCUT2D eigenvalue weighted by atomic mass is 32.2. The van der Waals surface area contributed by atoms with Crippen molar-refractivity contribution in [3.63, 3.8) is 0 Å². The Morgan fingerprint density at radius 2 is 2.15 bits per heavy atom. The van der Waals surface area contributed by atoms with Gasteiger partial charge in [-0.15, -0.1) is 0 Å². The number of aromatic nitrogens is 2. The second-order valence-corrected chi connectivity index (χ2v) is 5.92. The fourth-order valence-corrected chi connectivity index (χ4v) is 2.63. The molecular formula is C13H16N4O2S. The lowest BCUT2D eigenvalue weighted by Crippen LogP contribution is -2.20. The molecule has 0 aliphatic carbocycles. The van der Waals surface area contributed by atoms with Crippen LogP contribution in [-0.2, 0) is 16.6 Å². The molecule has 0 saturated heterocycles. The summed E-state index contributed by atoms with van der Waals surface area (Å²) in [5.41, 5.74) is 1.48. The van der Waals surface area contributed by atoms with Crippen molar-refractivity contribution in [2.45, 2.75) is 11.4 Å². The van der Waals surface area contributed by atoms with Gasteiger partial charge < -0.3 is 5.32 Å². The zero-order chi connectivity index (χ0) is 14.6. The number of sulfonamides is 1. The topological polar surface area (TPSA) is 76.0 Å². The van der Waals surface area contributed by atoms with E-state index in [1.807, 2.05) is 6.20 Å². The van der Waals surface area contributed by atoms with Gasteiger partial charge >= 0.3 is 0 Å². The highest BCUT2D eigenvalue weighted by molar-refractivity contribution is 7.89. The monoisotopic (exact) mass is 292 g/mol. The average Bonchev–Trinajstić information content (AvgIpc) is 2.93. The van der Waals surface area contributed by atoms with E-state index >= 15 is 0 Å². The van der Waals surface area contributed by atoms with Crippen LogP contribution in [0.25, 0.3) is 6.20 Å². The van der Waals surface area contributed by atoms with Gasteiger partial charge in [0, 0.05) is 24.5 Å². The van der Waals surface area contributed by atoms with Crippen molar-refractivity contribution >= 4 is 21.9 Å². The summed E-state index contributed by atoms with van der Waals surface area (Å²) in [6.45, 7) is 4.09. The molecule has 20 heavy (non-hydrogen) atoms. The number of nitrogens with zero attached hydrogens (tertiary/aromatic N) is 2. The Hall–Kier alpha value is -2.12. The van der Waals surface area contributed by atoms with Crippen LogP contribution in [0.4, 0.5) is 5.69 Å². The summed E-state index contributed by atoms with van der Waals surface area (Å²) in [6.07, 6.45) is 5.10. The van der Waals surface area contributed by atoms with Crippen molar-refractivity contribution in [3.8, 4) is 0 Å². The Kier molecular flexibility index (Phi) is 4.21. The maximum absolute atomic E-state index is 11.9. The van der Waals surface area contributed by atoms with E-state index in [0.29, 0.717) is 12.2 Å². The smallest absolute Gasteiger partial charge is 0.242 e. The minimum atomic E-state index is -3.48.